The number of rotatable bonds is 5. The fourth-order valence-corrected chi connectivity index (χ4v) is 2.86. The minimum absolute atomic E-state index is 0.0367. The zero-order valence-corrected chi connectivity index (χ0v) is 13.8. The van der Waals surface area contributed by atoms with Gasteiger partial charge >= 0.3 is 0 Å². The van der Waals surface area contributed by atoms with Gasteiger partial charge in [-0.2, -0.15) is 0 Å². The van der Waals surface area contributed by atoms with Gasteiger partial charge in [0.15, 0.2) is 0 Å². The van der Waals surface area contributed by atoms with Gasteiger partial charge in [0.1, 0.15) is 18.1 Å². The van der Waals surface area contributed by atoms with Crippen molar-refractivity contribution in [3.63, 3.8) is 0 Å². The molecule has 0 fully saturated rings. The molecule has 0 saturated carbocycles. The van der Waals surface area contributed by atoms with Crippen molar-refractivity contribution < 1.29 is 18.7 Å². The van der Waals surface area contributed by atoms with E-state index in [1.54, 1.807) is 16.8 Å². The van der Waals surface area contributed by atoms with Gasteiger partial charge in [-0.25, -0.2) is 0 Å². The summed E-state index contributed by atoms with van der Waals surface area (Å²) in [6, 6.07) is 0. The third-order valence-electron chi connectivity index (χ3n) is 3.96. The summed E-state index contributed by atoms with van der Waals surface area (Å²) in [7, 11) is 3.30. The van der Waals surface area contributed by atoms with Gasteiger partial charge in [-0.1, -0.05) is 6.92 Å². The highest BCUT2D eigenvalue weighted by Crippen LogP contribution is 2.29. The van der Waals surface area contributed by atoms with E-state index in [9.17, 15) is 9.59 Å². The first kappa shape index (κ1) is 16.5. The number of fused-ring (bicyclic) bond motifs is 1. The number of hydrogen-bond donors (Lipinski definition) is 0. The van der Waals surface area contributed by atoms with Crippen LogP contribution in [0.15, 0.2) is 4.42 Å². The van der Waals surface area contributed by atoms with Crippen molar-refractivity contribution in [3.8, 4) is 0 Å². The maximum absolute atomic E-state index is 12.6. The van der Waals surface area contributed by atoms with Gasteiger partial charge in [0, 0.05) is 45.8 Å². The van der Waals surface area contributed by atoms with Gasteiger partial charge in [0.25, 0.3) is 5.91 Å². The molecule has 0 N–H and O–H groups in total. The van der Waals surface area contributed by atoms with Crippen molar-refractivity contribution in [2.24, 2.45) is 0 Å². The number of methoxy groups -OCH3 is 1. The summed E-state index contributed by atoms with van der Waals surface area (Å²) in [5, 5.41) is 0. The first-order valence-electron chi connectivity index (χ1n) is 7.62. The Hall–Kier alpha value is -1.82. The average Bonchev–Trinajstić information content (AvgIpc) is 2.81. The number of furan rings is 1. The smallest absolute Gasteiger partial charge is 0.257 e. The van der Waals surface area contributed by atoms with Crippen LogP contribution >= 0.6 is 0 Å². The Balaban J connectivity index is 2.26. The lowest BCUT2D eigenvalue weighted by atomic mass is 10.0. The molecule has 0 radical (unpaired) electrons. The first-order chi connectivity index (χ1) is 10.5. The number of hydrogen-bond acceptors (Lipinski definition) is 4. The zero-order valence-electron chi connectivity index (χ0n) is 13.8. The quantitative estimate of drug-likeness (QED) is 0.829. The van der Waals surface area contributed by atoms with Gasteiger partial charge in [0.05, 0.1) is 5.56 Å². The van der Waals surface area contributed by atoms with Crippen molar-refractivity contribution in [2.75, 3.05) is 33.9 Å². The molecule has 2 rings (SSSR count). The van der Waals surface area contributed by atoms with Crippen molar-refractivity contribution >= 4 is 11.8 Å². The van der Waals surface area contributed by atoms with E-state index in [0.717, 1.165) is 17.7 Å². The van der Waals surface area contributed by atoms with Crippen LogP contribution in [0.3, 0.4) is 0 Å². The molecular weight excluding hydrogens is 284 g/mol. The number of nitrogens with zero attached hydrogens (tertiary/aromatic N) is 2. The molecule has 1 aliphatic rings. The molecule has 0 saturated heterocycles. The monoisotopic (exact) mass is 308 g/mol. The summed E-state index contributed by atoms with van der Waals surface area (Å²) >= 11 is 0. The molecule has 1 aromatic heterocycles. The summed E-state index contributed by atoms with van der Waals surface area (Å²) < 4.78 is 10.7. The number of ether oxygens (including phenoxy) is 1. The van der Waals surface area contributed by atoms with E-state index in [0.29, 0.717) is 37.4 Å². The predicted molar refractivity (Wildman–Crippen MR) is 81.7 cm³/mol. The number of amides is 2. The van der Waals surface area contributed by atoms with E-state index < -0.39 is 0 Å². The molecule has 1 aliphatic heterocycles. The SMILES string of the molecule is CCCN(C)C(=O)c1c(C)oc2c1CN(C(=O)COC)CC2. The number of aryl methyl sites for hydroxylation is 1. The molecule has 0 aliphatic carbocycles. The maximum atomic E-state index is 12.6. The lowest BCUT2D eigenvalue weighted by Crippen LogP contribution is -2.38. The minimum Gasteiger partial charge on any atom is -0.465 e. The summed E-state index contributed by atoms with van der Waals surface area (Å²) in [6.45, 7) is 5.62. The topological polar surface area (TPSA) is 63.0 Å². The van der Waals surface area contributed by atoms with Crippen molar-refractivity contribution in [3.05, 3.63) is 22.6 Å². The molecule has 0 bridgehead atoms. The Labute approximate surface area is 131 Å². The third-order valence-corrected chi connectivity index (χ3v) is 3.96. The van der Waals surface area contributed by atoms with Crippen LogP contribution in [0.25, 0.3) is 0 Å². The van der Waals surface area contributed by atoms with Gasteiger partial charge in [-0.15, -0.1) is 0 Å². The average molecular weight is 308 g/mol. The van der Waals surface area contributed by atoms with Crippen LogP contribution < -0.4 is 0 Å². The highest BCUT2D eigenvalue weighted by molar-refractivity contribution is 5.97. The van der Waals surface area contributed by atoms with Crippen molar-refractivity contribution in [2.45, 2.75) is 33.2 Å². The summed E-state index contributed by atoms with van der Waals surface area (Å²) in [5.74, 6) is 1.36. The zero-order chi connectivity index (χ0) is 16.3. The fourth-order valence-electron chi connectivity index (χ4n) is 2.86. The lowest BCUT2D eigenvalue weighted by Gasteiger charge is -2.27. The van der Waals surface area contributed by atoms with Gasteiger partial charge in [-0.05, 0) is 13.3 Å². The second kappa shape index (κ2) is 6.96. The van der Waals surface area contributed by atoms with Crippen LogP contribution in [-0.4, -0.2) is 55.5 Å². The third kappa shape index (κ3) is 3.16. The van der Waals surface area contributed by atoms with E-state index in [1.165, 1.54) is 7.11 Å². The standard InChI is InChI=1S/C16H24N2O4/c1-5-7-17(3)16(20)15-11(2)22-13-6-8-18(9-12(13)15)14(19)10-21-4/h5-10H2,1-4H3. The van der Waals surface area contributed by atoms with E-state index in [4.69, 9.17) is 9.15 Å². The molecular formula is C16H24N2O4. The molecule has 0 atom stereocenters. The molecule has 0 aromatic carbocycles. The molecule has 2 amide bonds. The molecule has 1 aromatic rings. The van der Waals surface area contributed by atoms with E-state index >= 15 is 0 Å². The van der Waals surface area contributed by atoms with E-state index in [-0.39, 0.29) is 18.4 Å². The summed E-state index contributed by atoms with van der Waals surface area (Å²) in [5.41, 5.74) is 1.46. The van der Waals surface area contributed by atoms with Gasteiger partial charge in [0.2, 0.25) is 5.91 Å². The Morgan fingerprint density at radius 2 is 2.14 bits per heavy atom. The fraction of sp³-hybridized carbons (Fsp3) is 0.625. The largest absolute Gasteiger partial charge is 0.465 e. The Kier molecular flexibility index (Phi) is 5.24. The Morgan fingerprint density at radius 3 is 2.77 bits per heavy atom. The van der Waals surface area contributed by atoms with Crippen LogP contribution in [0.4, 0.5) is 0 Å². The second-order valence-electron chi connectivity index (χ2n) is 5.66. The predicted octanol–water partition coefficient (Wildman–Crippen LogP) is 1.60. The second-order valence-corrected chi connectivity index (χ2v) is 5.66. The molecule has 22 heavy (non-hydrogen) atoms. The Bertz CT molecular complexity index is 565. The normalized spacial score (nSPS) is 13.9. The van der Waals surface area contributed by atoms with E-state index in [2.05, 4.69) is 0 Å². The van der Waals surface area contributed by atoms with Crippen LogP contribution in [0, 0.1) is 6.92 Å². The molecule has 2 heterocycles. The van der Waals surface area contributed by atoms with E-state index in [1.807, 2.05) is 13.8 Å². The minimum atomic E-state index is -0.0627. The Morgan fingerprint density at radius 1 is 1.41 bits per heavy atom. The van der Waals surface area contributed by atoms with Crippen molar-refractivity contribution in [1.82, 2.24) is 9.80 Å². The summed E-state index contributed by atoms with van der Waals surface area (Å²) in [6.07, 6.45) is 1.54. The highest BCUT2D eigenvalue weighted by Gasteiger charge is 2.31. The maximum Gasteiger partial charge on any atom is 0.257 e. The summed E-state index contributed by atoms with van der Waals surface area (Å²) in [4.78, 5) is 28.1. The highest BCUT2D eigenvalue weighted by atomic mass is 16.5. The molecule has 6 heteroatoms. The van der Waals surface area contributed by atoms with Crippen LogP contribution in [0.5, 0.6) is 0 Å². The molecule has 6 nitrogen and oxygen atoms in total. The molecule has 0 spiro atoms. The van der Waals surface area contributed by atoms with Gasteiger partial charge in [-0.3, -0.25) is 9.59 Å². The van der Waals surface area contributed by atoms with Gasteiger partial charge < -0.3 is 19.0 Å². The molecule has 0 unspecified atom stereocenters. The first-order valence-corrected chi connectivity index (χ1v) is 7.62. The van der Waals surface area contributed by atoms with Crippen molar-refractivity contribution in [1.29, 1.82) is 0 Å². The van der Waals surface area contributed by atoms with Crippen LogP contribution in [0.2, 0.25) is 0 Å². The van der Waals surface area contributed by atoms with Crippen LogP contribution in [0.1, 0.15) is 40.8 Å². The molecule has 122 valence electrons. The number of carbonyl (C=O) groups is 2. The lowest BCUT2D eigenvalue weighted by molar-refractivity contribution is -0.136. The van der Waals surface area contributed by atoms with Crippen LogP contribution in [-0.2, 0) is 22.5 Å². The number of carbonyl (C=O) groups excluding carboxylic acids is 2.